The molecule has 3 heterocycles. The molecule has 10 heteroatoms. The minimum absolute atomic E-state index is 0.0737. The average molecular weight is 550 g/mol. The lowest BCUT2D eigenvalue weighted by molar-refractivity contribution is 0.0917. The van der Waals surface area contributed by atoms with Crippen molar-refractivity contribution in [3.05, 3.63) is 77.9 Å². The third kappa shape index (κ3) is 4.53. The summed E-state index contributed by atoms with van der Waals surface area (Å²) >= 11 is 1.43. The summed E-state index contributed by atoms with van der Waals surface area (Å²) in [7, 11) is -2.14. The number of nitrogens with zero attached hydrogens (tertiary/aromatic N) is 3. The lowest BCUT2D eigenvalue weighted by Crippen LogP contribution is -2.37. The zero-order valence-corrected chi connectivity index (χ0v) is 22.5. The molecule has 1 amide bonds. The highest BCUT2D eigenvalue weighted by molar-refractivity contribution is 7.92. The number of fused-ring (bicyclic) bond motifs is 2. The van der Waals surface area contributed by atoms with Gasteiger partial charge in [0.25, 0.3) is 15.9 Å². The zero-order valence-electron chi connectivity index (χ0n) is 20.9. The maximum Gasteiger partial charge on any atom is 0.264 e. The van der Waals surface area contributed by atoms with Crippen molar-refractivity contribution in [1.82, 2.24) is 4.98 Å². The number of amides is 1. The van der Waals surface area contributed by atoms with Crippen molar-refractivity contribution in [2.24, 2.45) is 0 Å². The van der Waals surface area contributed by atoms with E-state index in [9.17, 15) is 13.2 Å². The molecule has 0 spiro atoms. The number of carbonyl (C=O) groups excluding carboxylic acids is 1. The van der Waals surface area contributed by atoms with Gasteiger partial charge >= 0.3 is 0 Å². The van der Waals surface area contributed by atoms with E-state index < -0.39 is 10.0 Å². The van der Waals surface area contributed by atoms with Gasteiger partial charge in [-0.1, -0.05) is 29.5 Å². The molecule has 0 aliphatic carbocycles. The highest BCUT2D eigenvalue weighted by atomic mass is 32.2. The van der Waals surface area contributed by atoms with Gasteiger partial charge in [0.2, 0.25) is 0 Å². The highest BCUT2D eigenvalue weighted by Crippen LogP contribution is 2.34. The van der Waals surface area contributed by atoms with Gasteiger partial charge in [0, 0.05) is 24.8 Å². The number of benzene rings is 3. The van der Waals surface area contributed by atoms with Gasteiger partial charge in [-0.25, -0.2) is 13.4 Å². The minimum atomic E-state index is -3.74. The molecule has 1 saturated heterocycles. The molecular weight excluding hydrogens is 522 g/mol. The van der Waals surface area contributed by atoms with Crippen LogP contribution in [0, 0.1) is 0 Å². The molecule has 8 nitrogen and oxygen atoms in total. The lowest BCUT2D eigenvalue weighted by Gasteiger charge is -2.23. The molecule has 1 aromatic heterocycles. The molecule has 2 aliphatic rings. The lowest BCUT2D eigenvalue weighted by atomic mass is 10.2. The highest BCUT2D eigenvalue weighted by Gasteiger charge is 2.31. The number of hydrogen-bond acceptors (Lipinski definition) is 7. The van der Waals surface area contributed by atoms with E-state index >= 15 is 0 Å². The molecule has 6 rings (SSSR count). The summed E-state index contributed by atoms with van der Waals surface area (Å²) in [6.07, 6.45) is 2.43. The molecule has 0 saturated carbocycles. The van der Waals surface area contributed by atoms with Gasteiger partial charge in [0.15, 0.2) is 5.13 Å². The van der Waals surface area contributed by atoms with E-state index in [1.807, 2.05) is 42.5 Å². The van der Waals surface area contributed by atoms with Crippen LogP contribution in [-0.2, 0) is 21.2 Å². The first-order chi connectivity index (χ1) is 18.4. The first-order valence-corrected chi connectivity index (χ1v) is 14.8. The molecule has 2 aliphatic heterocycles. The molecule has 3 aromatic carbocycles. The van der Waals surface area contributed by atoms with Crippen LogP contribution in [0.25, 0.3) is 10.2 Å². The maximum absolute atomic E-state index is 13.8. The molecule has 1 fully saturated rings. The van der Waals surface area contributed by atoms with Crippen LogP contribution in [0.5, 0.6) is 5.75 Å². The minimum Gasteiger partial charge on any atom is -0.497 e. The van der Waals surface area contributed by atoms with Gasteiger partial charge in [-0.05, 0) is 67.3 Å². The number of rotatable bonds is 7. The van der Waals surface area contributed by atoms with E-state index in [1.54, 1.807) is 24.1 Å². The molecule has 0 radical (unpaired) electrons. The fourth-order valence-corrected chi connectivity index (χ4v) is 7.44. The van der Waals surface area contributed by atoms with Gasteiger partial charge in [-0.3, -0.25) is 14.0 Å². The van der Waals surface area contributed by atoms with E-state index in [1.165, 1.54) is 27.8 Å². The van der Waals surface area contributed by atoms with Crippen molar-refractivity contribution in [3.8, 4) is 5.75 Å². The summed E-state index contributed by atoms with van der Waals surface area (Å²) in [6.45, 7) is 1.45. The fraction of sp³-hybridized carbons (Fsp3) is 0.286. The molecule has 1 atom stereocenters. The van der Waals surface area contributed by atoms with Crippen molar-refractivity contribution < 1.29 is 22.7 Å². The zero-order chi connectivity index (χ0) is 26.3. The maximum atomic E-state index is 13.8. The number of sulfonamides is 1. The second-order valence-electron chi connectivity index (χ2n) is 9.36. The monoisotopic (exact) mass is 549 g/mol. The molecule has 196 valence electrons. The number of thiazole rings is 1. The van der Waals surface area contributed by atoms with E-state index in [0.29, 0.717) is 48.2 Å². The molecule has 0 bridgehead atoms. The third-order valence-electron chi connectivity index (χ3n) is 7.00. The number of aromatic nitrogens is 1. The number of ether oxygens (including phenoxy) is 2. The summed E-state index contributed by atoms with van der Waals surface area (Å²) in [5.41, 5.74) is 2.87. The van der Waals surface area contributed by atoms with E-state index in [2.05, 4.69) is 0 Å². The number of carbonyl (C=O) groups is 1. The molecule has 4 aromatic rings. The third-order valence-corrected chi connectivity index (χ3v) is 9.89. The number of para-hydroxylation sites is 1. The Morgan fingerprint density at radius 2 is 1.97 bits per heavy atom. The Morgan fingerprint density at radius 1 is 1.16 bits per heavy atom. The van der Waals surface area contributed by atoms with Crippen molar-refractivity contribution >= 4 is 48.3 Å². The summed E-state index contributed by atoms with van der Waals surface area (Å²) in [5.74, 6) is 0.450. The predicted octanol–water partition coefficient (Wildman–Crippen LogP) is 4.88. The Balaban J connectivity index is 1.30. The second-order valence-corrected chi connectivity index (χ2v) is 12.2. The SMILES string of the molecule is COc1ccc2sc(N(CC3CCCO3)C(=O)c3ccc(S(=O)(=O)N4CCc5ccccc54)cc3)nc2c1. The normalized spacial score (nSPS) is 17.1. The Labute approximate surface area is 225 Å². The van der Waals surface area contributed by atoms with Crippen LogP contribution in [0.2, 0.25) is 0 Å². The quantitative estimate of drug-likeness (QED) is 0.326. The van der Waals surface area contributed by atoms with Gasteiger partial charge in [0.05, 0.1) is 40.6 Å². The fourth-order valence-electron chi connectivity index (χ4n) is 4.99. The largest absolute Gasteiger partial charge is 0.497 e. The molecule has 38 heavy (non-hydrogen) atoms. The van der Waals surface area contributed by atoms with Crippen molar-refractivity contribution in [1.29, 1.82) is 0 Å². The standard InChI is InChI=1S/C28H27N3O5S2/c1-35-21-10-13-26-24(17-21)29-28(37-26)30(18-22-6-4-16-36-22)27(32)20-8-11-23(12-9-20)38(33,34)31-15-14-19-5-2-3-7-25(19)31/h2-3,5,7-13,17,22H,4,6,14-16,18H2,1H3. The van der Waals surface area contributed by atoms with Crippen LogP contribution < -0.4 is 13.9 Å². The van der Waals surface area contributed by atoms with Crippen molar-refractivity contribution in [3.63, 3.8) is 0 Å². The number of hydrogen-bond donors (Lipinski definition) is 0. The number of methoxy groups -OCH3 is 1. The van der Waals surface area contributed by atoms with Gasteiger partial charge < -0.3 is 9.47 Å². The van der Waals surface area contributed by atoms with Crippen LogP contribution in [-0.4, -0.2) is 52.2 Å². The van der Waals surface area contributed by atoms with E-state index in [4.69, 9.17) is 14.5 Å². The van der Waals surface area contributed by atoms with Gasteiger partial charge in [-0.2, -0.15) is 0 Å². The topological polar surface area (TPSA) is 89.0 Å². The van der Waals surface area contributed by atoms with Crippen LogP contribution >= 0.6 is 11.3 Å². The summed E-state index contributed by atoms with van der Waals surface area (Å²) in [5, 5.41) is 0.569. The molecular formula is C28H27N3O5S2. The van der Waals surface area contributed by atoms with Crippen molar-refractivity contribution in [2.45, 2.75) is 30.3 Å². The summed E-state index contributed by atoms with van der Waals surface area (Å²) in [6, 6.07) is 19.4. The molecule has 0 N–H and O–H groups in total. The average Bonchev–Trinajstić information content (AvgIpc) is 3.70. The Kier molecular flexibility index (Phi) is 6.55. The van der Waals surface area contributed by atoms with Crippen LogP contribution in [0.3, 0.4) is 0 Å². The Bertz CT molecular complexity index is 1590. The smallest absolute Gasteiger partial charge is 0.264 e. The second kappa shape index (κ2) is 10.0. The van der Waals surface area contributed by atoms with E-state index in [0.717, 1.165) is 28.6 Å². The summed E-state index contributed by atoms with van der Waals surface area (Å²) in [4.78, 5) is 20.3. The summed E-state index contributed by atoms with van der Waals surface area (Å²) < 4.78 is 40.4. The van der Waals surface area contributed by atoms with Crippen LogP contribution in [0.15, 0.2) is 71.6 Å². The molecule has 1 unspecified atom stereocenters. The first kappa shape index (κ1) is 24.8. The van der Waals surface area contributed by atoms with Crippen molar-refractivity contribution in [2.75, 3.05) is 36.0 Å². The predicted molar refractivity (Wildman–Crippen MR) is 148 cm³/mol. The Morgan fingerprint density at radius 3 is 2.74 bits per heavy atom. The van der Waals surface area contributed by atoms with Gasteiger partial charge in [0.1, 0.15) is 5.75 Å². The van der Waals surface area contributed by atoms with E-state index in [-0.39, 0.29) is 16.9 Å². The Hall–Kier alpha value is -3.47. The van der Waals surface area contributed by atoms with Gasteiger partial charge in [-0.15, -0.1) is 0 Å². The van der Waals surface area contributed by atoms with Crippen LogP contribution in [0.4, 0.5) is 10.8 Å². The number of anilines is 2. The van der Waals surface area contributed by atoms with Crippen LogP contribution in [0.1, 0.15) is 28.8 Å². The first-order valence-electron chi connectivity index (χ1n) is 12.5.